The second-order valence-electron chi connectivity index (χ2n) is 4.22. The first kappa shape index (κ1) is 13.8. The van der Waals surface area contributed by atoms with Crippen molar-refractivity contribution >= 4 is 11.0 Å². The number of benzene rings is 1. The minimum atomic E-state index is -4.32. The summed E-state index contributed by atoms with van der Waals surface area (Å²) in [5.74, 6) is 0.452. The Kier molecular flexibility index (Phi) is 3.77. The maximum Gasteiger partial charge on any atom is 0.411 e. The summed E-state index contributed by atoms with van der Waals surface area (Å²) in [6.45, 7) is -1.05. The van der Waals surface area contributed by atoms with Crippen LogP contribution in [-0.4, -0.2) is 22.3 Å². The average molecular weight is 273 g/mol. The van der Waals surface area contributed by atoms with Crippen molar-refractivity contribution in [3.8, 4) is 0 Å². The van der Waals surface area contributed by atoms with Crippen LogP contribution in [0, 0.1) is 0 Å². The van der Waals surface area contributed by atoms with Crippen molar-refractivity contribution in [1.29, 1.82) is 0 Å². The zero-order valence-electron chi connectivity index (χ0n) is 10.4. The Bertz CT molecular complexity index is 577. The number of nitrogens with two attached hydrogens (primary N) is 1. The van der Waals surface area contributed by atoms with Gasteiger partial charge in [-0.05, 0) is 17.7 Å². The number of nitrogens with zero attached hydrogens (tertiary/aromatic N) is 2. The molecule has 4 nitrogen and oxygen atoms in total. The lowest BCUT2D eigenvalue weighted by Crippen LogP contribution is -2.17. The summed E-state index contributed by atoms with van der Waals surface area (Å²) in [7, 11) is 1.74. The first-order valence-electron chi connectivity index (χ1n) is 5.69. The number of hydrogen-bond acceptors (Lipinski definition) is 3. The molecule has 104 valence electrons. The lowest BCUT2D eigenvalue weighted by molar-refractivity contribution is -0.177. The highest BCUT2D eigenvalue weighted by atomic mass is 19.4. The highest BCUT2D eigenvalue weighted by molar-refractivity contribution is 5.76. The Morgan fingerprint density at radius 1 is 1.37 bits per heavy atom. The van der Waals surface area contributed by atoms with Crippen LogP contribution in [0.5, 0.6) is 0 Å². The summed E-state index contributed by atoms with van der Waals surface area (Å²) < 4.78 is 42.3. The van der Waals surface area contributed by atoms with Gasteiger partial charge in [0.1, 0.15) is 19.0 Å². The molecule has 7 heteroatoms. The van der Waals surface area contributed by atoms with E-state index in [1.54, 1.807) is 17.7 Å². The van der Waals surface area contributed by atoms with Crippen molar-refractivity contribution in [3.63, 3.8) is 0 Å². The lowest BCUT2D eigenvalue weighted by Gasteiger charge is -2.07. The van der Waals surface area contributed by atoms with Crippen molar-refractivity contribution in [2.75, 3.05) is 6.61 Å². The zero-order chi connectivity index (χ0) is 14.0. The number of halogens is 3. The van der Waals surface area contributed by atoms with E-state index in [1.165, 1.54) is 0 Å². The molecule has 2 aromatic rings. The van der Waals surface area contributed by atoms with E-state index in [1.807, 2.05) is 12.1 Å². The Balaban J connectivity index is 2.18. The minimum Gasteiger partial charge on any atom is -0.364 e. The molecule has 2 rings (SSSR count). The van der Waals surface area contributed by atoms with Crippen molar-refractivity contribution in [2.24, 2.45) is 12.8 Å². The minimum absolute atomic E-state index is 0.178. The molecule has 1 aromatic carbocycles. The van der Waals surface area contributed by atoms with Crippen LogP contribution < -0.4 is 5.73 Å². The highest BCUT2D eigenvalue weighted by Gasteiger charge is 2.27. The molecule has 0 saturated heterocycles. The van der Waals surface area contributed by atoms with Crippen LogP contribution in [0.4, 0.5) is 13.2 Å². The van der Waals surface area contributed by atoms with E-state index >= 15 is 0 Å². The third-order valence-electron chi connectivity index (χ3n) is 2.77. The van der Waals surface area contributed by atoms with Crippen LogP contribution >= 0.6 is 0 Å². The third kappa shape index (κ3) is 3.24. The van der Waals surface area contributed by atoms with Crippen molar-refractivity contribution in [1.82, 2.24) is 9.55 Å². The van der Waals surface area contributed by atoms with Gasteiger partial charge in [-0.25, -0.2) is 4.98 Å². The van der Waals surface area contributed by atoms with E-state index in [0.717, 1.165) is 11.1 Å². The average Bonchev–Trinajstić information content (AvgIpc) is 2.65. The van der Waals surface area contributed by atoms with Gasteiger partial charge in [0.15, 0.2) is 0 Å². The van der Waals surface area contributed by atoms with E-state index < -0.39 is 12.8 Å². The van der Waals surface area contributed by atoms with E-state index in [-0.39, 0.29) is 6.61 Å². The second kappa shape index (κ2) is 5.18. The van der Waals surface area contributed by atoms with Crippen LogP contribution in [0.25, 0.3) is 11.0 Å². The molecular formula is C12H14F3N3O. The van der Waals surface area contributed by atoms with Crippen LogP contribution in [0.3, 0.4) is 0 Å². The smallest absolute Gasteiger partial charge is 0.364 e. The molecular weight excluding hydrogens is 259 g/mol. The third-order valence-corrected chi connectivity index (χ3v) is 2.77. The van der Waals surface area contributed by atoms with Gasteiger partial charge in [-0.1, -0.05) is 6.07 Å². The van der Waals surface area contributed by atoms with Gasteiger partial charge in [0.25, 0.3) is 0 Å². The number of ether oxygens (including phenoxy) is 1. The van der Waals surface area contributed by atoms with Gasteiger partial charge in [0.2, 0.25) is 0 Å². The fraction of sp³-hybridized carbons (Fsp3) is 0.417. The molecule has 0 aliphatic heterocycles. The Morgan fingerprint density at radius 3 is 2.74 bits per heavy atom. The van der Waals surface area contributed by atoms with Gasteiger partial charge < -0.3 is 15.0 Å². The molecule has 0 bridgehead atoms. The fourth-order valence-electron chi connectivity index (χ4n) is 1.80. The van der Waals surface area contributed by atoms with Crippen molar-refractivity contribution in [3.05, 3.63) is 29.6 Å². The Hall–Kier alpha value is -1.60. The van der Waals surface area contributed by atoms with Crippen LogP contribution in [0.2, 0.25) is 0 Å². The van der Waals surface area contributed by atoms with Gasteiger partial charge >= 0.3 is 6.18 Å². The predicted octanol–water partition coefficient (Wildman–Crippen LogP) is 2.11. The van der Waals surface area contributed by atoms with Crippen molar-refractivity contribution < 1.29 is 17.9 Å². The predicted molar refractivity (Wildman–Crippen MR) is 64.3 cm³/mol. The maximum atomic E-state index is 12.0. The van der Waals surface area contributed by atoms with Gasteiger partial charge in [-0.3, -0.25) is 0 Å². The summed E-state index contributed by atoms with van der Waals surface area (Å²) in [6.07, 6.45) is -4.32. The first-order chi connectivity index (χ1) is 8.90. The molecule has 0 spiro atoms. The number of aromatic nitrogens is 2. The van der Waals surface area contributed by atoms with Gasteiger partial charge in [-0.15, -0.1) is 0 Å². The molecule has 1 heterocycles. The summed E-state index contributed by atoms with van der Waals surface area (Å²) in [6, 6.07) is 5.51. The van der Waals surface area contributed by atoms with Crippen LogP contribution in [-0.2, 0) is 24.9 Å². The molecule has 0 radical (unpaired) electrons. The summed E-state index contributed by atoms with van der Waals surface area (Å²) in [5, 5.41) is 0. The van der Waals surface area contributed by atoms with Crippen LogP contribution in [0.15, 0.2) is 18.2 Å². The molecule has 2 N–H and O–H groups in total. The fourth-order valence-corrected chi connectivity index (χ4v) is 1.80. The SMILES string of the molecule is Cn1c(COCC(F)(F)F)nc2ccc(CN)cc21. The largest absolute Gasteiger partial charge is 0.411 e. The molecule has 1 aromatic heterocycles. The normalized spacial score (nSPS) is 12.3. The van der Waals surface area contributed by atoms with Crippen molar-refractivity contribution in [2.45, 2.75) is 19.3 Å². The standard InChI is InChI=1S/C12H14F3N3O/c1-18-10-4-8(5-16)2-3-9(10)17-11(18)6-19-7-12(13,14)15/h2-4H,5-7,16H2,1H3. The molecule has 0 saturated carbocycles. The van der Waals surface area contributed by atoms with E-state index in [2.05, 4.69) is 9.72 Å². The molecule has 0 aliphatic carbocycles. The monoisotopic (exact) mass is 273 g/mol. The molecule has 0 atom stereocenters. The molecule has 0 amide bonds. The number of fused-ring (bicyclic) bond motifs is 1. The molecule has 19 heavy (non-hydrogen) atoms. The second-order valence-corrected chi connectivity index (χ2v) is 4.22. The van der Waals surface area contributed by atoms with Gasteiger partial charge in [0, 0.05) is 13.6 Å². The molecule has 0 unspecified atom stereocenters. The van der Waals surface area contributed by atoms with Gasteiger partial charge in [-0.2, -0.15) is 13.2 Å². The summed E-state index contributed by atoms with van der Waals surface area (Å²) in [5.41, 5.74) is 8.03. The number of alkyl halides is 3. The van der Waals surface area contributed by atoms with E-state index in [0.29, 0.717) is 17.9 Å². The quantitative estimate of drug-likeness (QED) is 0.928. The van der Waals surface area contributed by atoms with E-state index in [4.69, 9.17) is 5.73 Å². The summed E-state index contributed by atoms with van der Waals surface area (Å²) in [4.78, 5) is 4.24. The molecule has 0 aliphatic rings. The van der Waals surface area contributed by atoms with E-state index in [9.17, 15) is 13.2 Å². The maximum absolute atomic E-state index is 12.0. The highest BCUT2D eigenvalue weighted by Crippen LogP contribution is 2.19. The Labute approximate surface area is 108 Å². The molecule has 0 fully saturated rings. The van der Waals surface area contributed by atoms with Crippen LogP contribution in [0.1, 0.15) is 11.4 Å². The Morgan fingerprint density at radius 2 is 2.11 bits per heavy atom. The lowest BCUT2D eigenvalue weighted by atomic mass is 10.2. The first-order valence-corrected chi connectivity index (χ1v) is 5.69. The van der Waals surface area contributed by atoms with Gasteiger partial charge in [0.05, 0.1) is 11.0 Å². The number of imidazole rings is 1. The summed E-state index contributed by atoms with van der Waals surface area (Å²) >= 11 is 0. The number of aryl methyl sites for hydroxylation is 1. The number of rotatable bonds is 4. The zero-order valence-corrected chi connectivity index (χ0v) is 10.4. The number of hydrogen-bond donors (Lipinski definition) is 1. The topological polar surface area (TPSA) is 53.1 Å².